The Labute approximate surface area is 108 Å². The molecule has 1 aliphatic carbocycles. The van der Waals surface area contributed by atoms with Crippen molar-refractivity contribution >= 4 is 6.03 Å². The van der Waals surface area contributed by atoms with Crippen molar-refractivity contribution < 1.29 is 14.6 Å². The summed E-state index contributed by atoms with van der Waals surface area (Å²) in [6.07, 6.45) is 3.37. The van der Waals surface area contributed by atoms with Crippen molar-refractivity contribution in [1.29, 1.82) is 0 Å². The third-order valence-electron chi connectivity index (χ3n) is 3.73. The zero-order chi connectivity index (χ0) is 13.1. The number of carbonyl (C=O) groups is 1. The van der Waals surface area contributed by atoms with Gasteiger partial charge < -0.3 is 20.1 Å². The van der Waals surface area contributed by atoms with E-state index in [2.05, 4.69) is 5.32 Å². The van der Waals surface area contributed by atoms with E-state index in [1.807, 2.05) is 18.7 Å². The van der Waals surface area contributed by atoms with Crippen LogP contribution < -0.4 is 5.32 Å². The molecule has 2 atom stereocenters. The molecule has 0 radical (unpaired) electrons. The maximum Gasteiger partial charge on any atom is 0.317 e. The fraction of sp³-hybridized carbons (Fsp3) is 0.923. The summed E-state index contributed by atoms with van der Waals surface area (Å²) >= 11 is 0. The molecule has 0 aromatic carbocycles. The van der Waals surface area contributed by atoms with E-state index in [-0.39, 0.29) is 30.4 Å². The predicted molar refractivity (Wildman–Crippen MR) is 68.4 cm³/mol. The van der Waals surface area contributed by atoms with Gasteiger partial charge in [-0.15, -0.1) is 0 Å². The number of urea groups is 1. The molecular formula is C13H24N2O3. The summed E-state index contributed by atoms with van der Waals surface area (Å²) in [6, 6.07) is 0.229. The number of rotatable bonds is 1. The summed E-state index contributed by atoms with van der Waals surface area (Å²) in [5.41, 5.74) is 0. The Morgan fingerprint density at radius 3 is 2.28 bits per heavy atom. The van der Waals surface area contributed by atoms with Gasteiger partial charge in [0.25, 0.3) is 0 Å². The Kier molecular flexibility index (Phi) is 4.45. The molecule has 5 heteroatoms. The van der Waals surface area contributed by atoms with Gasteiger partial charge in [0.1, 0.15) is 0 Å². The van der Waals surface area contributed by atoms with Gasteiger partial charge in [-0.25, -0.2) is 4.79 Å². The first-order valence-electron chi connectivity index (χ1n) is 6.93. The number of nitrogens with zero attached hydrogens (tertiary/aromatic N) is 1. The third-order valence-corrected chi connectivity index (χ3v) is 3.73. The zero-order valence-electron chi connectivity index (χ0n) is 11.3. The standard InChI is InChI=1S/C13H24N2O3/c1-9-7-15(8-10(2)18-9)13(17)14-11-3-5-12(16)6-4-11/h9-12,16H,3-8H2,1-2H3,(H,14,17). The Bertz CT molecular complexity index is 280. The molecule has 2 N–H and O–H groups in total. The monoisotopic (exact) mass is 256 g/mol. The number of aliphatic hydroxyl groups is 1. The van der Waals surface area contributed by atoms with Crippen LogP contribution in [0.1, 0.15) is 39.5 Å². The fourth-order valence-electron chi connectivity index (χ4n) is 2.83. The van der Waals surface area contributed by atoms with Gasteiger partial charge in [-0.2, -0.15) is 0 Å². The van der Waals surface area contributed by atoms with Crippen LogP contribution in [0, 0.1) is 0 Å². The molecular weight excluding hydrogens is 232 g/mol. The summed E-state index contributed by atoms with van der Waals surface area (Å²) in [5.74, 6) is 0. The van der Waals surface area contributed by atoms with Crippen molar-refractivity contribution in [2.24, 2.45) is 0 Å². The molecule has 1 saturated heterocycles. The van der Waals surface area contributed by atoms with E-state index in [0.717, 1.165) is 25.7 Å². The van der Waals surface area contributed by atoms with Crippen LogP contribution in [0.4, 0.5) is 4.79 Å². The number of hydrogen-bond acceptors (Lipinski definition) is 3. The second-order valence-corrected chi connectivity index (χ2v) is 5.62. The van der Waals surface area contributed by atoms with Gasteiger partial charge in [-0.3, -0.25) is 0 Å². The summed E-state index contributed by atoms with van der Waals surface area (Å²) < 4.78 is 5.62. The normalized spacial score (nSPS) is 37.4. The molecule has 0 bridgehead atoms. The lowest BCUT2D eigenvalue weighted by molar-refractivity contribution is -0.0549. The average Bonchev–Trinajstić information content (AvgIpc) is 2.31. The maximum atomic E-state index is 12.1. The molecule has 2 fully saturated rings. The molecule has 0 aromatic rings. The van der Waals surface area contributed by atoms with E-state index >= 15 is 0 Å². The Hall–Kier alpha value is -0.810. The van der Waals surface area contributed by atoms with E-state index in [1.54, 1.807) is 0 Å². The van der Waals surface area contributed by atoms with Crippen LogP contribution in [0.15, 0.2) is 0 Å². The topological polar surface area (TPSA) is 61.8 Å². The molecule has 2 rings (SSSR count). The molecule has 1 heterocycles. The average molecular weight is 256 g/mol. The number of amides is 2. The van der Waals surface area contributed by atoms with E-state index in [1.165, 1.54) is 0 Å². The lowest BCUT2D eigenvalue weighted by atomic mass is 9.93. The minimum Gasteiger partial charge on any atom is -0.393 e. The van der Waals surface area contributed by atoms with Crippen LogP contribution in [0.25, 0.3) is 0 Å². The fourth-order valence-corrected chi connectivity index (χ4v) is 2.83. The van der Waals surface area contributed by atoms with E-state index < -0.39 is 0 Å². The Morgan fingerprint density at radius 2 is 1.72 bits per heavy atom. The zero-order valence-corrected chi connectivity index (χ0v) is 11.3. The molecule has 5 nitrogen and oxygen atoms in total. The second-order valence-electron chi connectivity index (χ2n) is 5.62. The van der Waals surface area contributed by atoms with Gasteiger partial charge in [0.15, 0.2) is 0 Å². The van der Waals surface area contributed by atoms with Crippen molar-refractivity contribution in [2.75, 3.05) is 13.1 Å². The van der Waals surface area contributed by atoms with Crippen LogP contribution in [-0.4, -0.2) is 53.5 Å². The largest absolute Gasteiger partial charge is 0.393 e. The van der Waals surface area contributed by atoms with Crippen molar-refractivity contribution in [3.05, 3.63) is 0 Å². The molecule has 0 spiro atoms. The number of ether oxygens (including phenoxy) is 1. The molecule has 2 unspecified atom stereocenters. The Morgan fingerprint density at radius 1 is 1.17 bits per heavy atom. The minimum atomic E-state index is -0.179. The summed E-state index contributed by atoms with van der Waals surface area (Å²) in [4.78, 5) is 14.0. The summed E-state index contributed by atoms with van der Waals surface area (Å²) in [5, 5.41) is 12.5. The molecule has 1 saturated carbocycles. The quantitative estimate of drug-likeness (QED) is 0.739. The molecule has 2 aliphatic rings. The van der Waals surface area contributed by atoms with Crippen molar-refractivity contribution in [3.8, 4) is 0 Å². The highest BCUT2D eigenvalue weighted by Crippen LogP contribution is 2.19. The lowest BCUT2D eigenvalue weighted by Gasteiger charge is -2.36. The van der Waals surface area contributed by atoms with E-state index in [4.69, 9.17) is 4.74 Å². The molecule has 0 aromatic heterocycles. The van der Waals surface area contributed by atoms with Crippen LogP contribution in [0.2, 0.25) is 0 Å². The molecule has 2 amide bonds. The third kappa shape index (κ3) is 3.59. The van der Waals surface area contributed by atoms with Gasteiger partial charge in [0.05, 0.1) is 18.3 Å². The van der Waals surface area contributed by atoms with Crippen molar-refractivity contribution in [3.63, 3.8) is 0 Å². The Balaban J connectivity index is 1.80. The van der Waals surface area contributed by atoms with Gasteiger partial charge in [-0.1, -0.05) is 0 Å². The van der Waals surface area contributed by atoms with Crippen LogP contribution in [0.5, 0.6) is 0 Å². The first kappa shape index (κ1) is 13.6. The number of nitrogens with one attached hydrogen (secondary N) is 1. The summed E-state index contributed by atoms with van der Waals surface area (Å²) in [7, 11) is 0. The first-order valence-corrected chi connectivity index (χ1v) is 6.93. The first-order chi connectivity index (χ1) is 8.54. The highest BCUT2D eigenvalue weighted by Gasteiger charge is 2.28. The van der Waals surface area contributed by atoms with Crippen LogP contribution in [-0.2, 0) is 4.74 Å². The highest BCUT2D eigenvalue weighted by molar-refractivity contribution is 5.74. The van der Waals surface area contributed by atoms with Gasteiger partial charge in [-0.05, 0) is 39.5 Å². The number of hydrogen-bond donors (Lipinski definition) is 2. The number of aliphatic hydroxyl groups excluding tert-OH is 1. The van der Waals surface area contributed by atoms with Gasteiger partial charge >= 0.3 is 6.03 Å². The van der Waals surface area contributed by atoms with Crippen molar-refractivity contribution in [1.82, 2.24) is 10.2 Å². The van der Waals surface area contributed by atoms with Crippen LogP contribution in [0.3, 0.4) is 0 Å². The smallest absolute Gasteiger partial charge is 0.317 e. The summed E-state index contributed by atoms with van der Waals surface area (Å²) in [6.45, 7) is 5.30. The molecule has 1 aliphatic heterocycles. The molecule has 104 valence electrons. The van der Waals surface area contributed by atoms with Crippen molar-refractivity contribution in [2.45, 2.75) is 63.9 Å². The number of carbonyl (C=O) groups excluding carboxylic acids is 1. The van der Waals surface area contributed by atoms with E-state index in [9.17, 15) is 9.90 Å². The highest BCUT2D eigenvalue weighted by atomic mass is 16.5. The van der Waals surface area contributed by atoms with E-state index in [0.29, 0.717) is 13.1 Å². The van der Waals surface area contributed by atoms with Gasteiger partial charge in [0.2, 0.25) is 0 Å². The van der Waals surface area contributed by atoms with Gasteiger partial charge in [0, 0.05) is 19.1 Å². The maximum absolute atomic E-state index is 12.1. The minimum absolute atomic E-state index is 0.0124. The number of morpholine rings is 1. The SMILES string of the molecule is CC1CN(C(=O)NC2CCC(O)CC2)CC(C)O1. The predicted octanol–water partition coefficient (Wildman–Crippen LogP) is 1.11. The molecule has 18 heavy (non-hydrogen) atoms. The lowest BCUT2D eigenvalue weighted by Crippen LogP contribution is -2.54. The second kappa shape index (κ2) is 5.89. The van der Waals surface area contributed by atoms with Crippen LogP contribution >= 0.6 is 0 Å².